The van der Waals surface area contributed by atoms with Gasteiger partial charge in [0.2, 0.25) is 0 Å². The molecule has 1 aliphatic rings. The fourth-order valence-corrected chi connectivity index (χ4v) is 2.07. The SMILES string of the molecule is [N-]=[N+]=Nc1ccc(C=CC=C2CC(O)CCC2=O)cc1. The summed E-state index contributed by atoms with van der Waals surface area (Å²) in [6, 6.07) is 7.11. The first-order valence-electron chi connectivity index (χ1n) is 6.42. The summed E-state index contributed by atoms with van der Waals surface area (Å²) in [4.78, 5) is 14.3. The van der Waals surface area contributed by atoms with Gasteiger partial charge in [-0.05, 0) is 23.1 Å². The van der Waals surface area contributed by atoms with Crippen molar-refractivity contribution in [3.63, 3.8) is 0 Å². The second-order valence-corrected chi connectivity index (χ2v) is 4.65. The molecule has 0 aliphatic heterocycles. The number of ketones is 1. The molecule has 0 spiro atoms. The zero-order chi connectivity index (χ0) is 14.4. The largest absolute Gasteiger partial charge is 0.393 e. The van der Waals surface area contributed by atoms with Gasteiger partial charge in [0.15, 0.2) is 5.78 Å². The Morgan fingerprint density at radius 3 is 2.80 bits per heavy atom. The molecule has 0 bridgehead atoms. The van der Waals surface area contributed by atoms with Gasteiger partial charge in [-0.2, -0.15) is 0 Å². The number of nitrogens with zero attached hydrogens (tertiary/aromatic N) is 3. The Morgan fingerprint density at radius 2 is 2.10 bits per heavy atom. The number of Topliss-reactive ketones (excluding diaryl/α,β-unsaturated/α-hetero) is 1. The number of aliphatic hydroxyl groups excluding tert-OH is 1. The molecule has 1 aromatic rings. The lowest BCUT2D eigenvalue weighted by atomic mass is 9.91. The van der Waals surface area contributed by atoms with E-state index in [1.54, 1.807) is 24.3 Å². The van der Waals surface area contributed by atoms with Crippen LogP contribution in [0, 0.1) is 0 Å². The van der Waals surface area contributed by atoms with Crippen LogP contribution in [-0.2, 0) is 4.79 Å². The average molecular weight is 269 g/mol. The van der Waals surface area contributed by atoms with Gasteiger partial charge in [-0.25, -0.2) is 0 Å². The molecule has 1 atom stereocenters. The van der Waals surface area contributed by atoms with Crippen LogP contribution >= 0.6 is 0 Å². The summed E-state index contributed by atoms with van der Waals surface area (Å²) in [5.41, 5.74) is 10.5. The summed E-state index contributed by atoms with van der Waals surface area (Å²) in [6.07, 6.45) is 6.41. The summed E-state index contributed by atoms with van der Waals surface area (Å²) in [5.74, 6) is 0.110. The number of carbonyl (C=O) groups excluding carboxylic acids is 1. The molecular formula is C15H15N3O2. The number of aliphatic hydroxyl groups is 1. The lowest BCUT2D eigenvalue weighted by Crippen LogP contribution is -2.20. The van der Waals surface area contributed by atoms with Crippen LogP contribution in [0.5, 0.6) is 0 Å². The highest BCUT2D eigenvalue weighted by molar-refractivity contribution is 5.96. The van der Waals surface area contributed by atoms with Crippen LogP contribution in [-0.4, -0.2) is 17.0 Å². The van der Waals surface area contributed by atoms with Gasteiger partial charge in [-0.15, -0.1) is 0 Å². The lowest BCUT2D eigenvalue weighted by Gasteiger charge is -2.17. The summed E-state index contributed by atoms with van der Waals surface area (Å²) in [7, 11) is 0. The number of hydrogen-bond acceptors (Lipinski definition) is 3. The highest BCUT2D eigenvalue weighted by Gasteiger charge is 2.20. The van der Waals surface area contributed by atoms with Crippen molar-refractivity contribution in [3.8, 4) is 0 Å². The maximum atomic E-state index is 11.6. The third-order valence-corrected chi connectivity index (χ3v) is 3.16. The van der Waals surface area contributed by atoms with Crippen LogP contribution in [0.2, 0.25) is 0 Å². The van der Waals surface area contributed by atoms with Crippen molar-refractivity contribution in [3.05, 3.63) is 58.0 Å². The van der Waals surface area contributed by atoms with Gasteiger partial charge in [0.1, 0.15) is 0 Å². The molecule has 2 rings (SSSR count). The summed E-state index contributed by atoms with van der Waals surface area (Å²) >= 11 is 0. The fraction of sp³-hybridized carbons (Fsp3) is 0.267. The Bertz CT molecular complexity index is 596. The molecule has 0 heterocycles. The highest BCUT2D eigenvalue weighted by Crippen LogP contribution is 2.20. The molecule has 1 N–H and O–H groups in total. The van der Waals surface area contributed by atoms with Crippen molar-refractivity contribution in [1.29, 1.82) is 0 Å². The smallest absolute Gasteiger partial charge is 0.159 e. The molecule has 0 amide bonds. The molecule has 0 radical (unpaired) electrons. The molecule has 5 heteroatoms. The van der Waals surface area contributed by atoms with E-state index in [-0.39, 0.29) is 5.78 Å². The first kappa shape index (κ1) is 14.1. The minimum atomic E-state index is -0.407. The third kappa shape index (κ3) is 3.82. The number of allylic oxidation sites excluding steroid dienone is 2. The van der Waals surface area contributed by atoms with E-state index in [1.807, 2.05) is 18.2 Å². The minimum Gasteiger partial charge on any atom is -0.393 e. The van der Waals surface area contributed by atoms with Crippen molar-refractivity contribution >= 4 is 17.5 Å². The number of rotatable bonds is 3. The standard InChI is InChI=1S/C15H15N3O2/c16-18-17-13-6-4-11(5-7-13)2-1-3-12-10-14(19)8-9-15(12)20/h1-7,14,19H,8-10H2. The average Bonchev–Trinajstić information content (AvgIpc) is 2.45. The summed E-state index contributed by atoms with van der Waals surface area (Å²) < 4.78 is 0. The topological polar surface area (TPSA) is 86.1 Å². The molecule has 102 valence electrons. The van der Waals surface area contributed by atoms with E-state index < -0.39 is 6.10 Å². The first-order valence-corrected chi connectivity index (χ1v) is 6.42. The Morgan fingerprint density at radius 1 is 1.35 bits per heavy atom. The quantitative estimate of drug-likeness (QED) is 0.392. The normalized spacial score (nSPS) is 21.1. The van der Waals surface area contributed by atoms with Crippen molar-refractivity contribution in [1.82, 2.24) is 0 Å². The Hall–Kier alpha value is -2.36. The van der Waals surface area contributed by atoms with Gasteiger partial charge in [-0.3, -0.25) is 4.79 Å². The van der Waals surface area contributed by atoms with Gasteiger partial charge < -0.3 is 5.11 Å². The highest BCUT2D eigenvalue weighted by atomic mass is 16.3. The van der Waals surface area contributed by atoms with Gasteiger partial charge >= 0.3 is 0 Å². The molecule has 0 saturated heterocycles. The fourth-order valence-electron chi connectivity index (χ4n) is 2.07. The third-order valence-electron chi connectivity index (χ3n) is 3.16. The van der Waals surface area contributed by atoms with Gasteiger partial charge in [0.25, 0.3) is 0 Å². The predicted octanol–water partition coefficient (Wildman–Crippen LogP) is 3.68. The van der Waals surface area contributed by atoms with Crippen LogP contribution in [0.4, 0.5) is 5.69 Å². The maximum absolute atomic E-state index is 11.6. The first-order chi connectivity index (χ1) is 9.69. The number of benzene rings is 1. The van der Waals surface area contributed by atoms with E-state index in [0.717, 1.165) is 5.56 Å². The van der Waals surface area contributed by atoms with E-state index in [4.69, 9.17) is 5.53 Å². The second-order valence-electron chi connectivity index (χ2n) is 4.65. The van der Waals surface area contributed by atoms with Gasteiger partial charge in [0, 0.05) is 23.4 Å². The molecular weight excluding hydrogens is 254 g/mol. The van der Waals surface area contributed by atoms with Crippen molar-refractivity contribution < 1.29 is 9.90 Å². The van der Waals surface area contributed by atoms with E-state index >= 15 is 0 Å². The maximum Gasteiger partial charge on any atom is 0.159 e. The number of azide groups is 1. The summed E-state index contributed by atoms with van der Waals surface area (Å²) in [6.45, 7) is 0. The van der Waals surface area contributed by atoms with Crippen LogP contribution in [0.1, 0.15) is 24.8 Å². The van der Waals surface area contributed by atoms with Crippen molar-refractivity contribution in [2.45, 2.75) is 25.4 Å². The van der Waals surface area contributed by atoms with E-state index in [9.17, 15) is 9.90 Å². The van der Waals surface area contributed by atoms with E-state index in [1.165, 1.54) is 0 Å². The molecule has 1 aliphatic carbocycles. The van der Waals surface area contributed by atoms with Gasteiger partial charge in [-0.1, -0.05) is 47.6 Å². The molecule has 1 aromatic carbocycles. The van der Waals surface area contributed by atoms with Crippen LogP contribution < -0.4 is 0 Å². The molecule has 5 nitrogen and oxygen atoms in total. The van der Waals surface area contributed by atoms with Crippen LogP contribution in [0.25, 0.3) is 16.5 Å². The molecule has 20 heavy (non-hydrogen) atoms. The molecule has 0 aromatic heterocycles. The van der Waals surface area contributed by atoms with Crippen molar-refractivity contribution in [2.75, 3.05) is 0 Å². The molecule has 1 saturated carbocycles. The molecule has 1 unspecified atom stereocenters. The van der Waals surface area contributed by atoms with Crippen molar-refractivity contribution in [2.24, 2.45) is 5.11 Å². The Labute approximate surface area is 116 Å². The van der Waals surface area contributed by atoms with Crippen LogP contribution in [0.3, 0.4) is 0 Å². The second kappa shape index (κ2) is 6.70. The molecule has 1 fully saturated rings. The zero-order valence-electron chi connectivity index (χ0n) is 10.9. The van der Waals surface area contributed by atoms with E-state index in [0.29, 0.717) is 30.5 Å². The number of carbonyl (C=O) groups is 1. The van der Waals surface area contributed by atoms with Gasteiger partial charge in [0.05, 0.1) is 6.10 Å². The minimum absolute atomic E-state index is 0.110. The lowest BCUT2D eigenvalue weighted by molar-refractivity contribution is -0.117. The Balaban J connectivity index is 2.05. The number of hydrogen-bond donors (Lipinski definition) is 1. The zero-order valence-corrected chi connectivity index (χ0v) is 10.9. The summed E-state index contributed by atoms with van der Waals surface area (Å²) in [5, 5.41) is 13.0. The van der Waals surface area contributed by atoms with Crippen LogP contribution in [0.15, 0.2) is 47.1 Å². The Kier molecular flexibility index (Phi) is 4.71. The monoisotopic (exact) mass is 269 g/mol. The predicted molar refractivity (Wildman–Crippen MR) is 77.2 cm³/mol. The van der Waals surface area contributed by atoms with E-state index in [2.05, 4.69) is 10.0 Å².